The quantitative estimate of drug-likeness (QED) is 0.501. The van der Waals surface area contributed by atoms with Crippen LogP contribution in [-0.4, -0.2) is 18.4 Å². The SMILES string of the molecule is Cc1ccc(NS(=O)(=O)c2cc([N+](=O)[O-])c(Cl)s2)c(O)c1. The average molecular weight is 349 g/mol. The lowest BCUT2D eigenvalue weighted by molar-refractivity contribution is -0.384. The van der Waals surface area contributed by atoms with Gasteiger partial charge in [0.05, 0.1) is 10.6 Å². The number of rotatable bonds is 4. The van der Waals surface area contributed by atoms with Crippen LogP contribution in [-0.2, 0) is 10.0 Å². The van der Waals surface area contributed by atoms with Crippen molar-refractivity contribution in [3.05, 3.63) is 44.3 Å². The zero-order valence-electron chi connectivity index (χ0n) is 10.5. The minimum absolute atomic E-state index is 0.0206. The Morgan fingerprint density at radius 1 is 1.38 bits per heavy atom. The van der Waals surface area contributed by atoms with Crippen molar-refractivity contribution in [1.82, 2.24) is 0 Å². The minimum Gasteiger partial charge on any atom is -0.506 e. The molecule has 112 valence electrons. The Morgan fingerprint density at radius 2 is 2.05 bits per heavy atom. The van der Waals surface area contributed by atoms with E-state index in [4.69, 9.17) is 11.6 Å². The third-order valence-electron chi connectivity index (χ3n) is 2.51. The van der Waals surface area contributed by atoms with E-state index in [-0.39, 0.29) is 20.0 Å². The number of phenolic OH excluding ortho intramolecular Hbond substituents is 1. The van der Waals surface area contributed by atoms with Gasteiger partial charge in [-0.1, -0.05) is 17.7 Å². The number of halogens is 1. The highest BCUT2D eigenvalue weighted by Crippen LogP contribution is 2.37. The fourth-order valence-corrected chi connectivity index (χ4v) is 4.26. The lowest BCUT2D eigenvalue weighted by Gasteiger charge is -2.08. The fraction of sp³-hybridized carbons (Fsp3) is 0.0909. The van der Waals surface area contributed by atoms with Crippen LogP contribution in [0, 0.1) is 17.0 Å². The Bertz CT molecular complexity index is 816. The Balaban J connectivity index is 2.38. The molecule has 1 aromatic heterocycles. The van der Waals surface area contributed by atoms with Crippen LogP contribution in [0.4, 0.5) is 11.4 Å². The van der Waals surface area contributed by atoms with Gasteiger partial charge >= 0.3 is 0 Å². The second-order valence-corrected chi connectivity index (χ2v) is 7.67. The summed E-state index contributed by atoms with van der Waals surface area (Å²) in [5.74, 6) is -0.240. The molecule has 0 fully saturated rings. The predicted octanol–water partition coefficient (Wildman–Crippen LogP) is 3.12. The van der Waals surface area contributed by atoms with Gasteiger partial charge in [-0.2, -0.15) is 0 Å². The Labute approximate surface area is 129 Å². The summed E-state index contributed by atoms with van der Waals surface area (Å²) >= 11 is 6.21. The summed E-state index contributed by atoms with van der Waals surface area (Å²) in [6.45, 7) is 1.74. The Kier molecular flexibility index (Phi) is 4.08. The second kappa shape index (κ2) is 5.51. The van der Waals surface area contributed by atoms with Gasteiger partial charge in [0, 0.05) is 6.07 Å². The topological polar surface area (TPSA) is 110 Å². The summed E-state index contributed by atoms with van der Waals surface area (Å²) in [5.41, 5.74) is 0.258. The fourth-order valence-electron chi connectivity index (χ4n) is 1.52. The van der Waals surface area contributed by atoms with Crippen molar-refractivity contribution in [2.75, 3.05) is 4.72 Å². The van der Waals surface area contributed by atoms with Crippen molar-refractivity contribution in [3.63, 3.8) is 0 Å². The molecule has 0 aliphatic rings. The molecular weight excluding hydrogens is 340 g/mol. The summed E-state index contributed by atoms with van der Waals surface area (Å²) in [4.78, 5) is 9.92. The monoisotopic (exact) mass is 348 g/mol. The van der Waals surface area contributed by atoms with Gasteiger partial charge in [0.25, 0.3) is 15.7 Å². The van der Waals surface area contributed by atoms with Gasteiger partial charge in [0.1, 0.15) is 9.96 Å². The van der Waals surface area contributed by atoms with E-state index in [0.29, 0.717) is 11.3 Å². The molecule has 0 amide bonds. The average Bonchev–Trinajstić information content (AvgIpc) is 2.76. The molecule has 0 spiro atoms. The predicted molar refractivity (Wildman–Crippen MR) is 79.6 cm³/mol. The van der Waals surface area contributed by atoms with Gasteiger partial charge in [-0.05, 0) is 24.6 Å². The molecule has 0 aliphatic heterocycles. The number of hydrogen-bond acceptors (Lipinski definition) is 6. The van der Waals surface area contributed by atoms with E-state index in [1.807, 2.05) is 0 Å². The van der Waals surface area contributed by atoms with Crippen molar-refractivity contribution in [2.45, 2.75) is 11.1 Å². The maximum atomic E-state index is 12.1. The highest BCUT2D eigenvalue weighted by atomic mass is 35.5. The third-order valence-corrected chi connectivity index (χ3v) is 5.68. The molecule has 7 nitrogen and oxygen atoms in total. The van der Waals surface area contributed by atoms with Crippen LogP contribution in [0.2, 0.25) is 4.34 Å². The number of nitro groups is 1. The van der Waals surface area contributed by atoms with Gasteiger partial charge in [0.15, 0.2) is 4.34 Å². The minimum atomic E-state index is -4.06. The molecule has 0 saturated heterocycles. The van der Waals surface area contributed by atoms with Gasteiger partial charge in [0.2, 0.25) is 0 Å². The first-order chi connectivity index (χ1) is 9.70. The van der Waals surface area contributed by atoms with E-state index < -0.39 is 20.6 Å². The van der Waals surface area contributed by atoms with Crippen molar-refractivity contribution in [2.24, 2.45) is 0 Å². The van der Waals surface area contributed by atoms with Gasteiger partial charge in [-0.25, -0.2) is 8.42 Å². The Morgan fingerprint density at radius 3 is 2.57 bits per heavy atom. The molecule has 1 aromatic carbocycles. The van der Waals surface area contributed by atoms with Gasteiger partial charge in [-0.3, -0.25) is 14.8 Å². The number of benzene rings is 1. The maximum absolute atomic E-state index is 12.1. The van der Waals surface area contributed by atoms with Crippen molar-refractivity contribution in [1.29, 1.82) is 0 Å². The van der Waals surface area contributed by atoms with E-state index >= 15 is 0 Å². The number of nitrogens with one attached hydrogen (secondary N) is 1. The molecule has 0 radical (unpaired) electrons. The molecule has 21 heavy (non-hydrogen) atoms. The van der Waals surface area contributed by atoms with Crippen molar-refractivity contribution < 1.29 is 18.4 Å². The summed E-state index contributed by atoms with van der Waals surface area (Å²) < 4.78 is 25.9. The molecule has 0 unspecified atom stereocenters. The van der Waals surface area contributed by atoms with Crippen LogP contribution in [0.1, 0.15) is 5.56 Å². The van der Waals surface area contributed by atoms with Crippen LogP contribution < -0.4 is 4.72 Å². The molecule has 2 rings (SSSR count). The molecule has 1 heterocycles. The molecular formula is C11H9ClN2O5S2. The first-order valence-corrected chi connectivity index (χ1v) is 8.14. The lowest BCUT2D eigenvalue weighted by atomic mass is 10.2. The number of thiophene rings is 1. The smallest absolute Gasteiger partial charge is 0.300 e. The standard InChI is InChI=1S/C11H9ClN2O5S2/c1-6-2-3-7(9(15)4-6)13-21(18,19)10-5-8(14(16)17)11(12)20-10/h2-5,13,15H,1H3. The summed E-state index contributed by atoms with van der Waals surface area (Å²) in [5, 5.41) is 20.4. The van der Waals surface area contributed by atoms with Crippen molar-refractivity contribution >= 4 is 44.3 Å². The van der Waals surface area contributed by atoms with E-state index in [1.54, 1.807) is 13.0 Å². The molecule has 0 saturated carbocycles. The number of aromatic hydroxyl groups is 1. The third kappa shape index (κ3) is 3.26. The van der Waals surface area contributed by atoms with E-state index in [2.05, 4.69) is 4.72 Å². The van der Waals surface area contributed by atoms with E-state index in [9.17, 15) is 23.6 Å². The zero-order valence-corrected chi connectivity index (χ0v) is 12.9. The maximum Gasteiger partial charge on any atom is 0.300 e. The zero-order chi connectivity index (χ0) is 15.8. The highest BCUT2D eigenvalue weighted by Gasteiger charge is 2.25. The van der Waals surface area contributed by atoms with Crippen LogP contribution in [0.5, 0.6) is 5.75 Å². The Hall–Kier alpha value is -1.84. The molecule has 0 atom stereocenters. The molecule has 10 heteroatoms. The molecule has 0 aliphatic carbocycles. The summed E-state index contributed by atoms with van der Waals surface area (Å²) in [7, 11) is -4.06. The van der Waals surface area contributed by atoms with E-state index in [1.165, 1.54) is 12.1 Å². The number of phenols is 1. The number of aryl methyl sites for hydroxylation is 1. The van der Waals surface area contributed by atoms with Crippen molar-refractivity contribution in [3.8, 4) is 5.75 Å². The largest absolute Gasteiger partial charge is 0.506 e. The first kappa shape index (κ1) is 15.5. The summed E-state index contributed by atoms with van der Waals surface area (Å²) in [6, 6.07) is 5.27. The molecule has 2 N–H and O–H groups in total. The molecule has 2 aromatic rings. The van der Waals surface area contributed by atoms with Crippen LogP contribution in [0.25, 0.3) is 0 Å². The normalized spacial score (nSPS) is 11.3. The summed E-state index contributed by atoms with van der Waals surface area (Å²) in [6.07, 6.45) is 0. The number of hydrogen-bond donors (Lipinski definition) is 2. The van der Waals surface area contributed by atoms with Gasteiger partial charge in [-0.15, -0.1) is 11.3 Å². The molecule has 0 bridgehead atoms. The first-order valence-electron chi connectivity index (χ1n) is 5.47. The second-order valence-electron chi connectivity index (χ2n) is 4.11. The van der Waals surface area contributed by atoms with Crippen LogP contribution in [0.15, 0.2) is 28.5 Å². The van der Waals surface area contributed by atoms with Gasteiger partial charge < -0.3 is 5.11 Å². The van der Waals surface area contributed by atoms with E-state index in [0.717, 1.165) is 11.6 Å². The highest BCUT2D eigenvalue weighted by molar-refractivity contribution is 7.94. The van der Waals surface area contributed by atoms with Crippen LogP contribution in [0.3, 0.4) is 0 Å². The lowest BCUT2D eigenvalue weighted by Crippen LogP contribution is -2.11. The van der Waals surface area contributed by atoms with Crippen LogP contribution >= 0.6 is 22.9 Å². The number of anilines is 1. The number of sulfonamides is 1. The number of nitrogens with zero attached hydrogens (tertiary/aromatic N) is 1.